The van der Waals surface area contributed by atoms with Crippen molar-refractivity contribution in [3.8, 4) is 0 Å². The minimum Gasteiger partial charge on any atom is -0.304 e. The number of halogens is 1. The molecule has 1 heterocycles. The Labute approximate surface area is 114 Å². The van der Waals surface area contributed by atoms with Crippen LogP contribution >= 0.6 is 0 Å². The van der Waals surface area contributed by atoms with E-state index in [0.29, 0.717) is 5.95 Å². The first kappa shape index (κ1) is 18.0. The minimum atomic E-state index is -4.94. The van der Waals surface area contributed by atoms with Crippen molar-refractivity contribution in [2.75, 3.05) is 5.73 Å². The van der Waals surface area contributed by atoms with E-state index < -0.39 is 10.2 Å². The van der Waals surface area contributed by atoms with Crippen LogP contribution in [0.1, 0.15) is 41.5 Å². The van der Waals surface area contributed by atoms with E-state index >= 15 is 0 Å². The van der Waals surface area contributed by atoms with Gasteiger partial charge in [0.25, 0.3) is 0 Å². The van der Waals surface area contributed by atoms with Crippen molar-refractivity contribution in [1.29, 1.82) is 0 Å². The van der Waals surface area contributed by atoms with Crippen molar-refractivity contribution in [3.63, 3.8) is 0 Å². The molecule has 1 rings (SSSR count). The molecule has 0 unspecified atom stereocenters. The smallest absolute Gasteiger partial charge is 0.304 e. The third-order valence-corrected chi connectivity index (χ3v) is 1.82. The number of nitrogen functional groups attached to an aromatic ring is 1. The predicted octanol–water partition coefficient (Wildman–Crippen LogP) is -4.10. The summed E-state index contributed by atoms with van der Waals surface area (Å²) in [6.07, 6.45) is 0. The number of hydrogen-bond donors (Lipinski definition) is 1. The van der Waals surface area contributed by atoms with Crippen molar-refractivity contribution >= 4 is 5.95 Å². The fraction of sp³-hybridized carbons (Fsp3) is 0.889. The third-order valence-electron chi connectivity index (χ3n) is 1.82. The van der Waals surface area contributed by atoms with Gasteiger partial charge in [-0.3, -0.25) is 0 Å². The molecule has 10 heteroatoms. The van der Waals surface area contributed by atoms with Crippen molar-refractivity contribution in [2.45, 2.75) is 52.6 Å². The Morgan fingerprint density at radius 1 is 1.05 bits per heavy atom. The molecule has 0 radical (unpaired) electrons. The summed E-state index contributed by atoms with van der Waals surface area (Å²) in [5, 5.41) is 8.54. The second-order valence-electron chi connectivity index (χ2n) is 5.87. The number of tetrazole rings is 1. The molecule has 9 nitrogen and oxygen atoms in total. The molecular formula is C9H20ClN5O4. The molecule has 0 aliphatic carbocycles. The summed E-state index contributed by atoms with van der Waals surface area (Å²) in [7, 11) is -4.94. The highest BCUT2D eigenvalue weighted by atomic mass is 35.7. The summed E-state index contributed by atoms with van der Waals surface area (Å²) in [6, 6.07) is 0. The molecule has 0 spiro atoms. The molecule has 0 saturated carbocycles. The molecule has 1 aromatic rings. The maximum absolute atomic E-state index is 8.49. The Kier molecular flexibility index (Phi) is 5.26. The summed E-state index contributed by atoms with van der Waals surface area (Å²) in [5.74, 6) is 0.451. The molecule has 0 fully saturated rings. The van der Waals surface area contributed by atoms with E-state index in [9.17, 15) is 0 Å². The van der Waals surface area contributed by atoms with Crippen LogP contribution < -0.4 is 29.1 Å². The van der Waals surface area contributed by atoms with E-state index in [1.807, 2.05) is 41.5 Å². The zero-order valence-corrected chi connectivity index (χ0v) is 12.6. The predicted molar refractivity (Wildman–Crippen MR) is 54.6 cm³/mol. The molecule has 1 aromatic heterocycles. The highest BCUT2D eigenvalue weighted by Crippen LogP contribution is 2.11. The van der Waals surface area contributed by atoms with Crippen molar-refractivity contribution < 1.29 is 33.6 Å². The Bertz CT molecular complexity index is 410. The zero-order chi connectivity index (χ0) is 15.6. The van der Waals surface area contributed by atoms with E-state index in [-0.39, 0.29) is 11.1 Å². The molecule has 19 heavy (non-hydrogen) atoms. The molecule has 0 amide bonds. The van der Waals surface area contributed by atoms with Crippen LogP contribution in [-0.2, 0) is 11.1 Å². The van der Waals surface area contributed by atoms with Gasteiger partial charge in [-0.2, -0.15) is 0 Å². The lowest BCUT2D eigenvalue weighted by Crippen LogP contribution is -2.68. The zero-order valence-electron chi connectivity index (χ0n) is 11.9. The van der Waals surface area contributed by atoms with Gasteiger partial charge in [0.05, 0.1) is 10.6 Å². The van der Waals surface area contributed by atoms with Crippen LogP contribution in [0.25, 0.3) is 0 Å². The van der Waals surface area contributed by atoms with Gasteiger partial charge in [-0.05, 0) is 46.3 Å². The largest absolute Gasteiger partial charge is 0.396 e. The Morgan fingerprint density at radius 2 is 1.42 bits per heavy atom. The summed E-state index contributed by atoms with van der Waals surface area (Å²) in [5.41, 5.74) is 5.53. The van der Waals surface area contributed by atoms with Gasteiger partial charge in [-0.1, -0.05) is 0 Å². The van der Waals surface area contributed by atoms with Gasteiger partial charge in [0.15, 0.2) is 0 Å². The van der Waals surface area contributed by atoms with Crippen LogP contribution in [-0.4, -0.2) is 15.1 Å². The molecule has 0 aliphatic rings. The van der Waals surface area contributed by atoms with Gasteiger partial charge in [-0.25, -0.2) is 18.6 Å². The molecule has 2 N–H and O–H groups in total. The van der Waals surface area contributed by atoms with Crippen LogP contribution in [0.2, 0.25) is 0 Å². The van der Waals surface area contributed by atoms with Gasteiger partial charge in [0, 0.05) is 5.21 Å². The monoisotopic (exact) mass is 297 g/mol. The first-order valence-corrected chi connectivity index (χ1v) is 6.63. The number of rotatable bonds is 0. The normalized spacial score (nSPS) is 12.9. The Morgan fingerprint density at radius 3 is 1.58 bits per heavy atom. The molecule has 112 valence electrons. The van der Waals surface area contributed by atoms with Crippen LogP contribution in [0.4, 0.5) is 5.95 Å². The van der Waals surface area contributed by atoms with Gasteiger partial charge in [-0.15, -0.1) is 14.9 Å². The fourth-order valence-electron chi connectivity index (χ4n) is 1.05. The fourth-order valence-corrected chi connectivity index (χ4v) is 1.05. The lowest BCUT2D eigenvalue weighted by molar-refractivity contribution is -2.00. The first-order chi connectivity index (χ1) is 8.12. The molecule has 0 saturated heterocycles. The maximum Gasteiger partial charge on any atom is 0.396 e. The highest BCUT2D eigenvalue weighted by molar-refractivity contribution is 5.00. The first-order valence-electron chi connectivity index (χ1n) is 5.40. The lowest BCUT2D eigenvalue weighted by atomic mass is 10.1. The topological polar surface area (TPSA) is 153 Å². The quantitative estimate of drug-likeness (QED) is 0.477. The summed E-state index contributed by atoms with van der Waals surface area (Å²) >= 11 is 0. The summed E-state index contributed by atoms with van der Waals surface area (Å²) < 4.78 is 35.7. The molecule has 0 bridgehead atoms. The average Bonchev–Trinajstić information content (AvgIpc) is 2.41. The van der Waals surface area contributed by atoms with Crippen molar-refractivity contribution in [3.05, 3.63) is 0 Å². The van der Waals surface area contributed by atoms with Crippen LogP contribution in [0.15, 0.2) is 0 Å². The number of nitrogens with two attached hydrogens (primary N) is 1. The van der Waals surface area contributed by atoms with E-state index in [1.54, 1.807) is 9.48 Å². The Hall–Kier alpha value is -1.00. The number of aromatic nitrogens is 4. The van der Waals surface area contributed by atoms with E-state index in [2.05, 4.69) is 10.3 Å². The van der Waals surface area contributed by atoms with Crippen LogP contribution in [0.5, 0.6) is 0 Å². The standard InChI is InChI=1S/C9H20N5.ClHO4/c1-8(2,3)13-7(10)11-14(12-13)9(4,5)6;2-1(3,4)5/h1-6H3,(H2,10,11,12);(H,2,3,4,5)/q+1;/p-1. The van der Waals surface area contributed by atoms with Crippen molar-refractivity contribution in [1.82, 2.24) is 15.1 Å². The lowest BCUT2D eigenvalue weighted by Gasteiger charge is -2.17. The molecule has 0 atom stereocenters. The van der Waals surface area contributed by atoms with Gasteiger partial charge >= 0.3 is 5.95 Å². The third kappa shape index (κ3) is 7.23. The summed E-state index contributed by atoms with van der Waals surface area (Å²) in [4.78, 5) is 1.65. The Balaban J connectivity index is 0.000000555. The minimum absolute atomic E-state index is 0.131. The average molecular weight is 298 g/mol. The van der Waals surface area contributed by atoms with Gasteiger partial charge in [0.2, 0.25) is 0 Å². The van der Waals surface area contributed by atoms with Crippen LogP contribution in [0.3, 0.4) is 0 Å². The molecule has 0 aromatic carbocycles. The number of nitrogens with zero attached hydrogens (tertiary/aromatic N) is 4. The number of hydrogen-bond acceptors (Lipinski definition) is 7. The summed E-state index contributed by atoms with van der Waals surface area (Å²) in [6.45, 7) is 12.3. The SMILES string of the molecule is CC(C)(C)n1nc(N)[n+](C(C)(C)C)n1.[O-][Cl+3]([O-])([O-])[O-]. The second-order valence-corrected chi connectivity index (χ2v) is 6.62. The second kappa shape index (κ2) is 5.55. The molecule has 0 aliphatic heterocycles. The number of anilines is 1. The van der Waals surface area contributed by atoms with E-state index in [0.717, 1.165) is 0 Å². The highest BCUT2D eigenvalue weighted by Gasteiger charge is 2.30. The van der Waals surface area contributed by atoms with E-state index in [4.69, 9.17) is 24.4 Å². The van der Waals surface area contributed by atoms with Gasteiger partial charge < -0.3 is 5.73 Å². The van der Waals surface area contributed by atoms with Crippen molar-refractivity contribution in [2.24, 2.45) is 0 Å². The molecular weight excluding hydrogens is 278 g/mol. The van der Waals surface area contributed by atoms with Gasteiger partial charge in [0.1, 0.15) is 5.54 Å². The van der Waals surface area contributed by atoms with E-state index in [1.165, 1.54) is 0 Å². The maximum atomic E-state index is 8.49. The van der Waals surface area contributed by atoms with Crippen LogP contribution in [0, 0.1) is 10.2 Å².